The van der Waals surface area contributed by atoms with Crippen molar-refractivity contribution in [2.24, 2.45) is 0 Å². The Hall–Kier alpha value is -1.82. The second-order valence-electron chi connectivity index (χ2n) is 5.24. The highest BCUT2D eigenvalue weighted by Gasteiger charge is 2.25. The minimum absolute atomic E-state index is 0.211. The third-order valence-corrected chi connectivity index (χ3v) is 5.34. The Morgan fingerprint density at radius 1 is 1.33 bits per heavy atom. The number of rotatable bonds is 5. The first-order chi connectivity index (χ1) is 9.87. The summed E-state index contributed by atoms with van der Waals surface area (Å²) in [5.41, 5.74) is 1.77. The summed E-state index contributed by atoms with van der Waals surface area (Å²) >= 11 is 0. The summed E-state index contributed by atoms with van der Waals surface area (Å²) in [5.74, 6) is 0.349. The van der Waals surface area contributed by atoms with E-state index in [1.54, 1.807) is 17.7 Å². The maximum absolute atomic E-state index is 12.7. The molecule has 1 aromatic heterocycles. The molecule has 6 heteroatoms. The molecule has 1 heterocycles. The monoisotopic (exact) mass is 307 g/mol. The van der Waals surface area contributed by atoms with E-state index >= 15 is 0 Å². The van der Waals surface area contributed by atoms with Gasteiger partial charge >= 0.3 is 0 Å². The zero-order valence-electron chi connectivity index (χ0n) is 12.8. The Kier molecular flexibility index (Phi) is 4.37. The molecule has 0 fully saturated rings. The molecule has 5 nitrogen and oxygen atoms in total. The van der Waals surface area contributed by atoms with E-state index in [1.807, 2.05) is 25.1 Å². The molecule has 0 bridgehead atoms. The molecular weight excluding hydrogens is 286 g/mol. The third-order valence-electron chi connectivity index (χ3n) is 3.54. The van der Waals surface area contributed by atoms with Crippen LogP contribution in [0.3, 0.4) is 0 Å². The second-order valence-corrected chi connectivity index (χ2v) is 7.16. The van der Waals surface area contributed by atoms with Gasteiger partial charge in [0.2, 0.25) is 0 Å². The molecule has 0 radical (unpaired) electrons. The molecule has 0 saturated heterocycles. The molecule has 2 aromatic rings. The first kappa shape index (κ1) is 15.6. The molecule has 2 rings (SSSR count). The van der Waals surface area contributed by atoms with Crippen molar-refractivity contribution in [1.82, 2.24) is 9.55 Å². The van der Waals surface area contributed by atoms with Crippen LogP contribution in [0.25, 0.3) is 0 Å². The zero-order valence-corrected chi connectivity index (χ0v) is 13.6. The Bertz CT molecular complexity index is 720. The minimum atomic E-state index is -3.60. The van der Waals surface area contributed by atoms with Gasteiger partial charge in [-0.3, -0.25) is 4.31 Å². The topological polar surface area (TPSA) is 55.2 Å². The van der Waals surface area contributed by atoms with Crippen molar-refractivity contribution < 1.29 is 8.42 Å². The summed E-state index contributed by atoms with van der Waals surface area (Å²) in [5, 5.41) is 0.211. The van der Waals surface area contributed by atoms with E-state index in [4.69, 9.17) is 0 Å². The number of benzene rings is 1. The van der Waals surface area contributed by atoms with E-state index in [-0.39, 0.29) is 5.03 Å². The van der Waals surface area contributed by atoms with Crippen molar-refractivity contribution in [3.63, 3.8) is 0 Å². The van der Waals surface area contributed by atoms with Gasteiger partial charge in [0.1, 0.15) is 0 Å². The lowest BCUT2D eigenvalue weighted by atomic mass is 10.0. The SMILES string of the molecule is CCn1cncc1S(=O)(=O)N(C)c1cccc(C(C)C)c1. The van der Waals surface area contributed by atoms with Crippen LogP contribution in [-0.2, 0) is 16.6 Å². The molecule has 0 saturated carbocycles. The Morgan fingerprint density at radius 3 is 2.67 bits per heavy atom. The van der Waals surface area contributed by atoms with E-state index in [0.717, 1.165) is 5.56 Å². The number of aromatic nitrogens is 2. The van der Waals surface area contributed by atoms with Crippen molar-refractivity contribution in [3.05, 3.63) is 42.4 Å². The van der Waals surface area contributed by atoms with Gasteiger partial charge in [0.15, 0.2) is 5.03 Å². The van der Waals surface area contributed by atoms with Crippen LogP contribution < -0.4 is 4.31 Å². The predicted octanol–water partition coefficient (Wildman–Crippen LogP) is 2.85. The van der Waals surface area contributed by atoms with E-state index < -0.39 is 10.0 Å². The summed E-state index contributed by atoms with van der Waals surface area (Å²) in [6.07, 6.45) is 2.92. The van der Waals surface area contributed by atoms with Gasteiger partial charge in [-0.1, -0.05) is 26.0 Å². The highest BCUT2D eigenvalue weighted by atomic mass is 32.2. The molecule has 0 aliphatic rings. The van der Waals surface area contributed by atoms with Crippen molar-refractivity contribution >= 4 is 15.7 Å². The highest BCUT2D eigenvalue weighted by Crippen LogP contribution is 2.25. The number of hydrogen-bond donors (Lipinski definition) is 0. The molecule has 114 valence electrons. The number of sulfonamides is 1. The molecule has 0 amide bonds. The molecule has 0 unspecified atom stereocenters. The van der Waals surface area contributed by atoms with Gasteiger partial charge in [-0.2, -0.15) is 8.42 Å². The number of nitrogens with zero attached hydrogens (tertiary/aromatic N) is 3. The minimum Gasteiger partial charge on any atom is -0.320 e. The smallest absolute Gasteiger partial charge is 0.281 e. The Balaban J connectivity index is 2.43. The molecular formula is C15H21N3O2S. The summed E-state index contributed by atoms with van der Waals surface area (Å²) in [4.78, 5) is 3.94. The van der Waals surface area contributed by atoms with E-state index in [0.29, 0.717) is 18.2 Å². The van der Waals surface area contributed by atoms with Crippen molar-refractivity contribution in [3.8, 4) is 0 Å². The fourth-order valence-electron chi connectivity index (χ4n) is 2.12. The fourth-order valence-corrected chi connectivity index (χ4v) is 3.46. The Labute approximate surface area is 126 Å². The van der Waals surface area contributed by atoms with E-state index in [2.05, 4.69) is 18.8 Å². The van der Waals surface area contributed by atoms with Crippen LogP contribution in [0.1, 0.15) is 32.3 Å². The molecule has 0 atom stereocenters. The maximum atomic E-state index is 12.7. The largest absolute Gasteiger partial charge is 0.320 e. The van der Waals surface area contributed by atoms with Gasteiger partial charge in [-0.15, -0.1) is 0 Å². The molecule has 21 heavy (non-hydrogen) atoms. The van der Waals surface area contributed by atoms with Crippen molar-refractivity contribution in [2.45, 2.75) is 38.3 Å². The number of anilines is 1. The predicted molar refractivity (Wildman–Crippen MR) is 84.0 cm³/mol. The van der Waals surface area contributed by atoms with Gasteiger partial charge in [0.25, 0.3) is 10.0 Å². The number of aryl methyl sites for hydroxylation is 1. The first-order valence-electron chi connectivity index (χ1n) is 6.97. The lowest BCUT2D eigenvalue weighted by Gasteiger charge is -2.21. The van der Waals surface area contributed by atoms with Crippen LogP contribution in [0.5, 0.6) is 0 Å². The van der Waals surface area contributed by atoms with Crippen LogP contribution in [0.4, 0.5) is 5.69 Å². The molecule has 0 aliphatic carbocycles. The second kappa shape index (κ2) is 5.89. The Morgan fingerprint density at radius 2 is 2.05 bits per heavy atom. The number of imidazole rings is 1. The standard InChI is InChI=1S/C15H21N3O2S/c1-5-18-11-16-10-15(18)21(19,20)17(4)14-8-6-7-13(9-14)12(2)3/h6-12H,5H2,1-4H3. The lowest BCUT2D eigenvalue weighted by Crippen LogP contribution is -2.28. The van der Waals surface area contributed by atoms with Gasteiger partial charge in [-0.05, 0) is 30.5 Å². The van der Waals surface area contributed by atoms with Crippen LogP contribution in [0.15, 0.2) is 41.8 Å². The summed E-state index contributed by atoms with van der Waals surface area (Å²) in [6.45, 7) is 6.62. The quantitative estimate of drug-likeness (QED) is 0.853. The average molecular weight is 307 g/mol. The maximum Gasteiger partial charge on any atom is 0.281 e. The molecule has 0 spiro atoms. The van der Waals surface area contributed by atoms with Crippen LogP contribution in [0.2, 0.25) is 0 Å². The number of hydrogen-bond acceptors (Lipinski definition) is 3. The normalized spacial score (nSPS) is 11.9. The third kappa shape index (κ3) is 2.95. The summed E-state index contributed by atoms with van der Waals surface area (Å²) < 4.78 is 28.4. The molecule has 0 N–H and O–H groups in total. The van der Waals surface area contributed by atoms with Crippen LogP contribution >= 0.6 is 0 Å². The van der Waals surface area contributed by atoms with E-state index in [9.17, 15) is 8.42 Å². The average Bonchev–Trinajstić information content (AvgIpc) is 2.95. The van der Waals surface area contributed by atoms with Gasteiger partial charge in [0, 0.05) is 13.6 Å². The molecule has 0 aliphatic heterocycles. The summed E-state index contributed by atoms with van der Waals surface area (Å²) in [6, 6.07) is 7.60. The zero-order chi connectivity index (χ0) is 15.6. The van der Waals surface area contributed by atoms with Crippen molar-refractivity contribution in [2.75, 3.05) is 11.4 Å². The van der Waals surface area contributed by atoms with Gasteiger partial charge in [0.05, 0.1) is 18.2 Å². The first-order valence-corrected chi connectivity index (χ1v) is 8.41. The van der Waals surface area contributed by atoms with Crippen LogP contribution in [-0.4, -0.2) is 25.0 Å². The summed E-state index contributed by atoms with van der Waals surface area (Å²) in [7, 11) is -2.03. The van der Waals surface area contributed by atoms with Gasteiger partial charge < -0.3 is 4.57 Å². The molecule has 1 aromatic carbocycles. The van der Waals surface area contributed by atoms with Crippen molar-refractivity contribution in [1.29, 1.82) is 0 Å². The highest BCUT2D eigenvalue weighted by molar-refractivity contribution is 7.92. The fraction of sp³-hybridized carbons (Fsp3) is 0.400. The van der Waals surface area contributed by atoms with Gasteiger partial charge in [-0.25, -0.2) is 4.98 Å². The van der Waals surface area contributed by atoms with E-state index in [1.165, 1.54) is 16.8 Å². The lowest BCUT2D eigenvalue weighted by molar-refractivity contribution is 0.576. The van der Waals surface area contributed by atoms with Crippen LogP contribution in [0, 0.1) is 0 Å².